The number of Topliss-reactive ketones (excluding diaryl/α,β-unsaturated/α-hetero) is 1. The lowest BCUT2D eigenvalue weighted by Gasteiger charge is -2.25. The summed E-state index contributed by atoms with van der Waals surface area (Å²) in [4.78, 5) is 50.2. The zero-order chi connectivity index (χ0) is 39.3. The number of rotatable bonds is 19. The van der Waals surface area contributed by atoms with Gasteiger partial charge in [0.25, 0.3) is 5.88 Å². The van der Waals surface area contributed by atoms with Gasteiger partial charge in [0.05, 0.1) is 25.4 Å². The number of nitrogen functional groups attached to an aromatic ring is 1. The number of aliphatic hydroxyl groups excluding tert-OH is 1. The first kappa shape index (κ1) is 41.2. The second-order valence-electron chi connectivity index (χ2n) is 13.9. The maximum Gasteiger partial charge on any atom is 0.336 e. The van der Waals surface area contributed by atoms with Crippen molar-refractivity contribution in [3.63, 3.8) is 0 Å². The lowest BCUT2D eigenvalue weighted by atomic mass is 9.92. The Bertz CT molecular complexity index is 1840. The minimum Gasteiger partial charge on any atom is -0.460 e. The third-order valence-corrected chi connectivity index (χ3v) is 7.99. The van der Waals surface area contributed by atoms with E-state index in [4.69, 9.17) is 29.2 Å². The van der Waals surface area contributed by atoms with Crippen LogP contribution in [0.25, 0.3) is 11.1 Å². The molecule has 0 aliphatic rings. The second kappa shape index (κ2) is 19.5. The van der Waals surface area contributed by atoms with E-state index in [0.717, 1.165) is 16.7 Å². The van der Waals surface area contributed by atoms with Crippen LogP contribution in [0.15, 0.2) is 89.5 Å². The SMILES string of the molecule is CC(C)C(CC(=O)OC(C)(C)C)C(=O)OCOc1cc(CNN(Cc2ccc(-c3cccc(N)c3)cc2)C[C@@H](O)C(=O)OCC(=O)c2ccccc2)on1. The van der Waals surface area contributed by atoms with E-state index >= 15 is 0 Å². The molecule has 288 valence electrons. The zero-order valence-corrected chi connectivity index (χ0v) is 31.2. The molecule has 4 N–H and O–H groups in total. The van der Waals surface area contributed by atoms with Crippen molar-refractivity contribution in [2.45, 2.75) is 65.8 Å². The highest BCUT2D eigenvalue weighted by Crippen LogP contribution is 2.23. The van der Waals surface area contributed by atoms with Crippen molar-refractivity contribution in [2.75, 3.05) is 25.7 Å². The highest BCUT2D eigenvalue weighted by Gasteiger charge is 2.29. The maximum atomic E-state index is 12.7. The summed E-state index contributed by atoms with van der Waals surface area (Å²) in [5.74, 6) is -3.01. The van der Waals surface area contributed by atoms with Crippen LogP contribution in [-0.2, 0) is 41.7 Å². The molecule has 4 rings (SSSR count). The van der Waals surface area contributed by atoms with E-state index in [2.05, 4.69) is 10.6 Å². The predicted molar refractivity (Wildman–Crippen MR) is 198 cm³/mol. The summed E-state index contributed by atoms with van der Waals surface area (Å²) in [5, 5.41) is 16.2. The maximum absolute atomic E-state index is 12.7. The molecule has 1 unspecified atom stereocenters. The van der Waals surface area contributed by atoms with E-state index in [1.54, 1.807) is 56.1 Å². The monoisotopic (exact) mass is 744 g/mol. The molecule has 1 aromatic heterocycles. The smallest absolute Gasteiger partial charge is 0.336 e. The van der Waals surface area contributed by atoms with Crippen LogP contribution in [0.2, 0.25) is 0 Å². The fraction of sp³-hybridized carbons (Fsp3) is 0.375. The van der Waals surface area contributed by atoms with Crippen LogP contribution in [0.5, 0.6) is 5.88 Å². The van der Waals surface area contributed by atoms with E-state index < -0.39 is 54.7 Å². The molecular formula is C40H48N4O10. The summed E-state index contributed by atoms with van der Waals surface area (Å²) >= 11 is 0. The van der Waals surface area contributed by atoms with Crippen molar-refractivity contribution in [3.8, 4) is 17.0 Å². The second-order valence-corrected chi connectivity index (χ2v) is 13.9. The van der Waals surface area contributed by atoms with Gasteiger partial charge in [-0.05, 0) is 60.7 Å². The molecule has 0 fully saturated rings. The molecule has 14 nitrogen and oxygen atoms in total. The Hall–Kier alpha value is -5.57. The molecule has 3 aromatic carbocycles. The van der Waals surface area contributed by atoms with Gasteiger partial charge in [0.15, 0.2) is 24.3 Å². The Morgan fingerprint density at radius 1 is 0.907 bits per heavy atom. The number of hydrogen-bond acceptors (Lipinski definition) is 14. The van der Waals surface area contributed by atoms with Crippen molar-refractivity contribution in [1.29, 1.82) is 0 Å². The van der Waals surface area contributed by atoms with Gasteiger partial charge in [-0.1, -0.05) is 80.6 Å². The van der Waals surface area contributed by atoms with Crippen molar-refractivity contribution >= 4 is 29.4 Å². The first-order chi connectivity index (χ1) is 25.7. The van der Waals surface area contributed by atoms with E-state index in [0.29, 0.717) is 17.0 Å². The number of nitrogens with one attached hydrogen (secondary N) is 1. The van der Waals surface area contributed by atoms with Crippen LogP contribution in [0.3, 0.4) is 0 Å². The number of carbonyl (C=O) groups excluding carboxylic acids is 4. The zero-order valence-electron chi connectivity index (χ0n) is 31.2. The normalized spacial score (nSPS) is 12.6. The Labute approximate surface area is 314 Å². The molecule has 0 aliphatic carbocycles. The Morgan fingerprint density at radius 3 is 2.30 bits per heavy atom. The van der Waals surface area contributed by atoms with Gasteiger partial charge in [0.1, 0.15) is 5.60 Å². The molecule has 14 heteroatoms. The summed E-state index contributed by atoms with van der Waals surface area (Å²) in [6.45, 7) is 8.00. The topological polar surface area (TPSA) is 193 Å². The standard InChI is InChI=1S/C40H48N4O10/c1-26(2)33(20-37(47)53-40(3,4)5)38(48)52-25-51-36-19-32(54-43-36)21-42-44(22-27-14-16-28(17-15-27)30-12-9-13-31(41)18-30)23-34(45)39(49)50-24-35(46)29-10-7-6-8-11-29/h6-19,26,33-34,42,45H,20-25,41H2,1-5H3/t33?,34-/m1/s1. The van der Waals surface area contributed by atoms with Crippen molar-refractivity contribution < 1.29 is 47.8 Å². The van der Waals surface area contributed by atoms with Gasteiger partial charge in [0.2, 0.25) is 6.79 Å². The Balaban J connectivity index is 1.35. The summed E-state index contributed by atoms with van der Waals surface area (Å²) < 4.78 is 26.6. The third kappa shape index (κ3) is 13.4. The molecule has 54 heavy (non-hydrogen) atoms. The molecule has 0 bridgehead atoms. The van der Waals surface area contributed by atoms with Crippen molar-refractivity contribution in [3.05, 3.63) is 102 Å². The summed E-state index contributed by atoms with van der Waals surface area (Å²) in [7, 11) is 0. The molecule has 1 heterocycles. The molecule has 0 aliphatic heterocycles. The average molecular weight is 745 g/mol. The number of aliphatic hydroxyl groups is 1. The molecule has 0 radical (unpaired) electrons. The largest absolute Gasteiger partial charge is 0.460 e. The molecule has 0 saturated heterocycles. The minimum atomic E-state index is -1.60. The van der Waals surface area contributed by atoms with Crippen LogP contribution < -0.4 is 15.9 Å². The predicted octanol–water partition coefficient (Wildman–Crippen LogP) is 5.10. The Kier molecular flexibility index (Phi) is 14.9. The number of anilines is 1. The van der Waals surface area contributed by atoms with Crippen LogP contribution in [0, 0.1) is 11.8 Å². The summed E-state index contributed by atoms with van der Waals surface area (Å²) in [5.41, 5.74) is 12.2. The molecular weight excluding hydrogens is 696 g/mol. The van der Waals surface area contributed by atoms with Crippen molar-refractivity contribution in [2.24, 2.45) is 11.8 Å². The van der Waals surface area contributed by atoms with Crippen LogP contribution in [0.1, 0.15) is 62.7 Å². The van der Waals surface area contributed by atoms with Crippen LogP contribution in [-0.4, -0.2) is 70.6 Å². The lowest BCUT2D eigenvalue weighted by molar-refractivity contribution is -0.166. The lowest BCUT2D eigenvalue weighted by Crippen LogP contribution is -2.45. The van der Waals surface area contributed by atoms with Crippen molar-refractivity contribution in [1.82, 2.24) is 15.6 Å². The first-order valence-corrected chi connectivity index (χ1v) is 17.5. The number of ketones is 1. The molecule has 2 atom stereocenters. The highest BCUT2D eigenvalue weighted by atomic mass is 16.7. The van der Waals surface area contributed by atoms with E-state index in [1.165, 1.54) is 6.07 Å². The highest BCUT2D eigenvalue weighted by molar-refractivity contribution is 5.98. The van der Waals surface area contributed by atoms with E-state index in [9.17, 15) is 24.3 Å². The number of nitrogens with two attached hydrogens (primary N) is 1. The van der Waals surface area contributed by atoms with E-state index in [-0.39, 0.29) is 37.9 Å². The number of aromatic nitrogens is 1. The van der Waals surface area contributed by atoms with Gasteiger partial charge in [-0.15, -0.1) is 0 Å². The van der Waals surface area contributed by atoms with Gasteiger partial charge in [-0.25, -0.2) is 15.2 Å². The number of nitrogens with zero attached hydrogens (tertiary/aromatic N) is 2. The number of ether oxygens (including phenoxy) is 4. The van der Waals surface area contributed by atoms with Gasteiger partial charge < -0.3 is 34.3 Å². The van der Waals surface area contributed by atoms with Gasteiger partial charge in [-0.3, -0.25) is 14.4 Å². The Morgan fingerprint density at radius 2 is 1.63 bits per heavy atom. The van der Waals surface area contributed by atoms with Gasteiger partial charge in [-0.2, -0.15) is 0 Å². The fourth-order valence-corrected chi connectivity index (χ4v) is 5.19. The van der Waals surface area contributed by atoms with Gasteiger partial charge >= 0.3 is 17.9 Å². The summed E-state index contributed by atoms with van der Waals surface area (Å²) in [6.07, 6.45) is -1.73. The average Bonchev–Trinajstić information content (AvgIpc) is 3.59. The van der Waals surface area contributed by atoms with Crippen LogP contribution >= 0.6 is 0 Å². The van der Waals surface area contributed by atoms with Crippen LogP contribution in [0.4, 0.5) is 5.69 Å². The summed E-state index contributed by atoms with van der Waals surface area (Å²) in [6, 6.07) is 25.1. The fourth-order valence-electron chi connectivity index (χ4n) is 5.19. The minimum absolute atomic E-state index is 0.0447. The number of hydrogen-bond donors (Lipinski definition) is 3. The molecule has 0 spiro atoms. The third-order valence-electron chi connectivity index (χ3n) is 7.99. The molecule has 4 aromatic rings. The molecule has 0 amide bonds. The number of hydrazine groups is 1. The number of carbonyl (C=O) groups is 4. The quantitative estimate of drug-likeness (QED) is 0.0287. The van der Waals surface area contributed by atoms with Gasteiger partial charge in [0, 0.05) is 23.9 Å². The number of esters is 3. The first-order valence-electron chi connectivity index (χ1n) is 17.5. The van der Waals surface area contributed by atoms with E-state index in [1.807, 2.05) is 62.4 Å². The molecule has 0 saturated carbocycles. The number of benzene rings is 3.